The van der Waals surface area contributed by atoms with E-state index in [4.69, 9.17) is 0 Å². The first-order valence-electron chi connectivity index (χ1n) is 13.1. The van der Waals surface area contributed by atoms with Crippen LogP contribution in [0.15, 0.2) is 72.4 Å². The minimum Gasteiger partial charge on any atom is -0.359 e. The van der Waals surface area contributed by atoms with Crippen LogP contribution in [0.4, 0.5) is 5.69 Å². The van der Waals surface area contributed by atoms with Gasteiger partial charge in [0.05, 0.1) is 0 Å². The standard InChI is InChI=1S/C29H31NO2.2C2H6.2H2/c1-6-23-12-11-20(3)27(17-23)29(22(5)31)21(4)30-26-15-13-24(14-16-26)28(32)18-25-10-8-7-9-19(25)2;2*1-2;;/h7-17,30H,6,18H2,1-5H3;2*1-2H3;2*1H/b29-21+;;;;. The number of benzene rings is 3. The Balaban J connectivity index is 0. The number of hydrogen-bond acceptors (Lipinski definition) is 3. The van der Waals surface area contributed by atoms with Crippen LogP contribution in [0, 0.1) is 13.8 Å². The van der Waals surface area contributed by atoms with Crippen LogP contribution in [0.3, 0.4) is 0 Å². The molecule has 0 spiro atoms. The van der Waals surface area contributed by atoms with Crippen molar-refractivity contribution in [2.24, 2.45) is 0 Å². The third-order valence-corrected chi connectivity index (χ3v) is 5.86. The zero-order chi connectivity index (χ0) is 27.3. The van der Waals surface area contributed by atoms with E-state index in [-0.39, 0.29) is 14.4 Å². The Morgan fingerprint density at radius 1 is 0.806 bits per heavy atom. The van der Waals surface area contributed by atoms with Crippen LogP contribution in [0.5, 0.6) is 0 Å². The number of hydrogen-bond donors (Lipinski definition) is 1. The summed E-state index contributed by atoms with van der Waals surface area (Å²) < 4.78 is 0. The lowest BCUT2D eigenvalue weighted by molar-refractivity contribution is -0.111. The molecule has 3 rings (SSSR count). The normalized spacial score (nSPS) is 10.7. The molecule has 0 unspecified atom stereocenters. The van der Waals surface area contributed by atoms with Crippen molar-refractivity contribution in [2.45, 2.75) is 75.2 Å². The second-order valence-corrected chi connectivity index (χ2v) is 8.29. The van der Waals surface area contributed by atoms with E-state index in [1.54, 1.807) is 6.92 Å². The number of allylic oxidation sites excluding steroid dienone is 2. The fourth-order valence-corrected chi connectivity index (χ4v) is 3.92. The number of rotatable bonds is 8. The monoisotopic (exact) mass is 489 g/mol. The van der Waals surface area contributed by atoms with Gasteiger partial charge in [-0.1, -0.05) is 77.1 Å². The molecule has 1 N–H and O–H groups in total. The molecule has 3 aromatic rings. The van der Waals surface area contributed by atoms with Crippen LogP contribution in [0.2, 0.25) is 0 Å². The summed E-state index contributed by atoms with van der Waals surface area (Å²) >= 11 is 0. The van der Waals surface area contributed by atoms with Crippen molar-refractivity contribution in [3.63, 3.8) is 0 Å². The molecule has 3 aromatic carbocycles. The molecule has 0 aliphatic heterocycles. The molecule has 0 aromatic heterocycles. The number of carbonyl (C=O) groups is 2. The van der Waals surface area contributed by atoms with E-state index < -0.39 is 0 Å². The Bertz CT molecular complexity index is 1180. The molecule has 3 nitrogen and oxygen atoms in total. The fourth-order valence-electron chi connectivity index (χ4n) is 3.92. The molecular formula is C33H47NO2. The molecule has 0 heterocycles. The summed E-state index contributed by atoms with van der Waals surface area (Å²) in [6.45, 7) is 17.7. The molecule has 0 atom stereocenters. The Kier molecular flexibility index (Phi) is 13.2. The minimum absolute atomic E-state index is 0. The molecular weight excluding hydrogens is 442 g/mol. The van der Waals surface area contributed by atoms with Gasteiger partial charge in [0.25, 0.3) is 0 Å². The van der Waals surface area contributed by atoms with Crippen molar-refractivity contribution < 1.29 is 12.4 Å². The first kappa shape index (κ1) is 30.6. The summed E-state index contributed by atoms with van der Waals surface area (Å²) in [7, 11) is 0. The highest BCUT2D eigenvalue weighted by molar-refractivity contribution is 6.21. The van der Waals surface area contributed by atoms with Gasteiger partial charge in [-0.2, -0.15) is 0 Å². The molecule has 0 amide bonds. The molecule has 0 saturated carbocycles. The number of aryl methyl sites for hydroxylation is 3. The summed E-state index contributed by atoms with van der Waals surface area (Å²) in [5.74, 6) is 0.117. The van der Waals surface area contributed by atoms with Crippen LogP contribution in [0.25, 0.3) is 5.57 Å². The molecule has 0 aliphatic rings. The Labute approximate surface area is 221 Å². The zero-order valence-electron chi connectivity index (χ0n) is 23.6. The molecule has 36 heavy (non-hydrogen) atoms. The molecule has 196 valence electrons. The average molecular weight is 490 g/mol. The third-order valence-electron chi connectivity index (χ3n) is 5.86. The number of nitrogens with one attached hydrogen (secondary N) is 1. The fraction of sp³-hybridized carbons (Fsp3) is 0.333. The smallest absolute Gasteiger partial charge is 0.167 e. The second kappa shape index (κ2) is 15.5. The summed E-state index contributed by atoms with van der Waals surface area (Å²) in [5, 5.41) is 3.36. The van der Waals surface area contributed by atoms with Gasteiger partial charge in [0.2, 0.25) is 0 Å². The average Bonchev–Trinajstić information content (AvgIpc) is 2.89. The van der Waals surface area contributed by atoms with E-state index in [1.165, 1.54) is 5.56 Å². The van der Waals surface area contributed by atoms with Gasteiger partial charge >= 0.3 is 0 Å². The van der Waals surface area contributed by atoms with E-state index in [9.17, 15) is 9.59 Å². The highest BCUT2D eigenvalue weighted by atomic mass is 16.1. The minimum atomic E-state index is 0. The van der Waals surface area contributed by atoms with Crippen molar-refractivity contribution in [1.82, 2.24) is 0 Å². The third kappa shape index (κ3) is 8.34. The van der Waals surface area contributed by atoms with Crippen LogP contribution < -0.4 is 5.32 Å². The second-order valence-electron chi connectivity index (χ2n) is 8.29. The quantitative estimate of drug-likeness (QED) is 0.253. The number of ketones is 2. The van der Waals surface area contributed by atoms with Gasteiger partial charge in [0.15, 0.2) is 11.6 Å². The van der Waals surface area contributed by atoms with E-state index >= 15 is 0 Å². The Morgan fingerprint density at radius 3 is 1.97 bits per heavy atom. The Morgan fingerprint density at radius 2 is 1.42 bits per heavy atom. The topological polar surface area (TPSA) is 46.2 Å². The molecule has 0 radical (unpaired) electrons. The maximum atomic E-state index is 12.7. The van der Waals surface area contributed by atoms with Gasteiger partial charge in [-0.3, -0.25) is 9.59 Å². The predicted octanol–water partition coefficient (Wildman–Crippen LogP) is 9.27. The molecule has 0 saturated heterocycles. The van der Waals surface area contributed by atoms with Gasteiger partial charge in [-0.25, -0.2) is 0 Å². The van der Waals surface area contributed by atoms with Crippen LogP contribution in [0.1, 0.15) is 89.5 Å². The van der Waals surface area contributed by atoms with Crippen molar-refractivity contribution in [2.75, 3.05) is 5.32 Å². The number of anilines is 1. The summed E-state index contributed by atoms with van der Waals surface area (Å²) in [6.07, 6.45) is 1.31. The van der Waals surface area contributed by atoms with Crippen molar-refractivity contribution in [1.29, 1.82) is 0 Å². The largest absolute Gasteiger partial charge is 0.359 e. The van der Waals surface area contributed by atoms with Crippen molar-refractivity contribution >= 4 is 22.8 Å². The highest BCUT2D eigenvalue weighted by Crippen LogP contribution is 2.26. The lowest BCUT2D eigenvalue weighted by atomic mass is 9.93. The van der Waals surface area contributed by atoms with Crippen molar-refractivity contribution in [3.8, 4) is 0 Å². The van der Waals surface area contributed by atoms with Crippen LogP contribution >= 0.6 is 0 Å². The van der Waals surface area contributed by atoms with Gasteiger partial charge in [0, 0.05) is 31.8 Å². The van der Waals surface area contributed by atoms with Crippen molar-refractivity contribution in [3.05, 3.63) is 106 Å². The van der Waals surface area contributed by atoms with Crippen LogP contribution in [-0.4, -0.2) is 11.6 Å². The van der Waals surface area contributed by atoms with Crippen LogP contribution in [-0.2, 0) is 17.6 Å². The maximum absolute atomic E-state index is 12.7. The first-order valence-corrected chi connectivity index (χ1v) is 13.1. The van der Waals surface area contributed by atoms with Gasteiger partial charge < -0.3 is 5.32 Å². The lowest BCUT2D eigenvalue weighted by Crippen LogP contribution is -2.08. The molecule has 3 heteroatoms. The summed E-state index contributed by atoms with van der Waals surface area (Å²) in [5.41, 5.74) is 8.43. The van der Waals surface area contributed by atoms with Gasteiger partial charge in [-0.15, -0.1) is 0 Å². The van der Waals surface area contributed by atoms with E-state index in [0.29, 0.717) is 17.6 Å². The molecule has 0 fully saturated rings. The number of Topliss-reactive ketones (excluding diaryl/α,β-unsaturated/α-hetero) is 2. The first-order chi connectivity index (χ1) is 17.3. The van der Waals surface area contributed by atoms with Gasteiger partial charge in [-0.05, 0) is 86.2 Å². The lowest BCUT2D eigenvalue weighted by Gasteiger charge is -2.16. The summed E-state index contributed by atoms with van der Waals surface area (Å²) in [4.78, 5) is 25.2. The number of carbonyl (C=O) groups excluding carboxylic acids is 2. The predicted molar refractivity (Wildman–Crippen MR) is 160 cm³/mol. The summed E-state index contributed by atoms with van der Waals surface area (Å²) in [6, 6.07) is 21.7. The van der Waals surface area contributed by atoms with E-state index in [1.807, 2.05) is 97.0 Å². The SMILES string of the molecule is CC.CC.CCc1ccc(C)c(/C(C(C)=O)=C(\C)Nc2ccc(C(=O)Cc3ccccc3C)cc2)c1.[HH].[HH]. The zero-order valence-corrected chi connectivity index (χ0v) is 23.6. The highest BCUT2D eigenvalue weighted by Gasteiger charge is 2.15. The van der Waals surface area contributed by atoms with E-state index in [2.05, 4.69) is 30.4 Å². The van der Waals surface area contributed by atoms with E-state index in [0.717, 1.165) is 40.1 Å². The maximum Gasteiger partial charge on any atom is 0.167 e. The Hall–Kier alpha value is -3.46. The van der Waals surface area contributed by atoms with Gasteiger partial charge in [0.1, 0.15) is 0 Å². The molecule has 0 aliphatic carbocycles. The molecule has 0 bridgehead atoms.